The molecule has 0 bridgehead atoms. The van der Waals surface area contributed by atoms with Gasteiger partial charge in [-0.15, -0.1) is 0 Å². The maximum Gasteiger partial charge on any atom is 0.239 e. The van der Waals surface area contributed by atoms with E-state index in [1.165, 1.54) is 12.8 Å². The van der Waals surface area contributed by atoms with Gasteiger partial charge in [0.2, 0.25) is 5.91 Å². The number of rotatable bonds is 6. The Bertz CT molecular complexity index is 414. The summed E-state index contributed by atoms with van der Waals surface area (Å²) in [5.74, 6) is 1.09. The van der Waals surface area contributed by atoms with Crippen molar-refractivity contribution in [3.05, 3.63) is 30.3 Å². The molecule has 1 heterocycles. The first kappa shape index (κ1) is 15.8. The minimum Gasteiger partial charge on any atom is -0.492 e. The zero-order chi connectivity index (χ0) is 14.9. The van der Waals surface area contributed by atoms with Gasteiger partial charge in [0.15, 0.2) is 0 Å². The summed E-state index contributed by atoms with van der Waals surface area (Å²) in [6.07, 6.45) is 4.76. The Morgan fingerprint density at radius 2 is 1.86 bits per heavy atom. The Balaban J connectivity index is 1.66. The summed E-state index contributed by atoms with van der Waals surface area (Å²) in [7, 11) is 0. The topological polar surface area (TPSA) is 41.6 Å². The first-order valence-corrected chi connectivity index (χ1v) is 7.97. The number of hydrogen-bond acceptors (Lipinski definition) is 3. The molecule has 1 aliphatic heterocycles. The van der Waals surface area contributed by atoms with Crippen LogP contribution in [0.5, 0.6) is 5.75 Å². The summed E-state index contributed by atoms with van der Waals surface area (Å²) in [5, 5.41) is 3.25. The maximum atomic E-state index is 12.3. The van der Waals surface area contributed by atoms with Gasteiger partial charge < -0.3 is 15.0 Å². The molecule has 1 saturated heterocycles. The van der Waals surface area contributed by atoms with Gasteiger partial charge in [-0.25, -0.2) is 0 Å². The molecular weight excluding hydrogens is 264 g/mol. The predicted octanol–water partition coefficient (Wildman–Crippen LogP) is 2.45. The zero-order valence-corrected chi connectivity index (χ0v) is 12.9. The van der Waals surface area contributed by atoms with Crippen molar-refractivity contribution < 1.29 is 9.53 Å². The average molecular weight is 290 g/mol. The highest BCUT2D eigenvalue weighted by Crippen LogP contribution is 2.11. The molecule has 1 amide bonds. The van der Waals surface area contributed by atoms with Crippen molar-refractivity contribution in [2.75, 3.05) is 26.2 Å². The van der Waals surface area contributed by atoms with Crippen molar-refractivity contribution in [3.63, 3.8) is 0 Å². The molecule has 1 unspecified atom stereocenters. The molecule has 0 aromatic heterocycles. The molecule has 1 fully saturated rings. The number of hydrogen-bond donors (Lipinski definition) is 1. The number of carbonyl (C=O) groups excluding carboxylic acids is 1. The third kappa shape index (κ3) is 5.38. The summed E-state index contributed by atoms with van der Waals surface area (Å²) in [6, 6.07) is 9.61. The molecule has 21 heavy (non-hydrogen) atoms. The minimum atomic E-state index is -0.137. The smallest absolute Gasteiger partial charge is 0.239 e. The van der Waals surface area contributed by atoms with Crippen molar-refractivity contribution in [1.82, 2.24) is 10.2 Å². The van der Waals surface area contributed by atoms with E-state index in [4.69, 9.17) is 4.74 Å². The second kappa shape index (κ2) is 8.67. The largest absolute Gasteiger partial charge is 0.492 e. The van der Waals surface area contributed by atoms with Crippen LogP contribution < -0.4 is 10.1 Å². The van der Waals surface area contributed by atoms with Gasteiger partial charge in [-0.1, -0.05) is 31.0 Å². The van der Waals surface area contributed by atoms with Crippen molar-refractivity contribution >= 4 is 5.91 Å². The number of para-hydroxylation sites is 1. The highest BCUT2D eigenvalue weighted by Gasteiger charge is 2.20. The molecular formula is C17H26N2O2. The molecule has 0 spiro atoms. The summed E-state index contributed by atoms with van der Waals surface area (Å²) < 4.78 is 5.61. The minimum absolute atomic E-state index is 0.137. The van der Waals surface area contributed by atoms with Crippen molar-refractivity contribution in [1.29, 1.82) is 0 Å². The normalized spacial score (nSPS) is 17.1. The molecule has 1 aromatic rings. The van der Waals surface area contributed by atoms with Gasteiger partial charge in [-0.2, -0.15) is 0 Å². The summed E-state index contributed by atoms with van der Waals surface area (Å²) in [6.45, 7) is 5.00. The van der Waals surface area contributed by atoms with E-state index in [0.717, 1.165) is 31.7 Å². The summed E-state index contributed by atoms with van der Waals surface area (Å²) in [5.41, 5.74) is 0. The summed E-state index contributed by atoms with van der Waals surface area (Å²) in [4.78, 5) is 14.3. The Morgan fingerprint density at radius 3 is 2.52 bits per heavy atom. The number of likely N-dealkylation sites (tertiary alicyclic amines) is 1. The van der Waals surface area contributed by atoms with Crippen LogP contribution in [0, 0.1) is 0 Å². The number of amides is 1. The molecule has 2 rings (SSSR count). The molecule has 1 aromatic carbocycles. The zero-order valence-electron chi connectivity index (χ0n) is 12.9. The monoisotopic (exact) mass is 290 g/mol. The highest BCUT2D eigenvalue weighted by molar-refractivity contribution is 5.81. The molecule has 4 nitrogen and oxygen atoms in total. The van der Waals surface area contributed by atoms with Crippen LogP contribution in [0.2, 0.25) is 0 Å². The van der Waals surface area contributed by atoms with E-state index in [2.05, 4.69) is 5.32 Å². The lowest BCUT2D eigenvalue weighted by Gasteiger charge is -2.24. The van der Waals surface area contributed by atoms with E-state index >= 15 is 0 Å². The molecule has 4 heteroatoms. The van der Waals surface area contributed by atoms with Crippen LogP contribution >= 0.6 is 0 Å². The fourth-order valence-electron chi connectivity index (χ4n) is 2.61. The Hall–Kier alpha value is -1.55. The van der Waals surface area contributed by atoms with Gasteiger partial charge in [0.25, 0.3) is 0 Å². The lowest BCUT2D eigenvalue weighted by molar-refractivity contribution is -0.133. The molecule has 0 radical (unpaired) electrons. The van der Waals surface area contributed by atoms with Crippen LogP contribution in [0.15, 0.2) is 30.3 Å². The maximum absolute atomic E-state index is 12.3. The van der Waals surface area contributed by atoms with Gasteiger partial charge in [0, 0.05) is 19.6 Å². The van der Waals surface area contributed by atoms with Crippen molar-refractivity contribution in [2.24, 2.45) is 0 Å². The average Bonchev–Trinajstić information content (AvgIpc) is 2.81. The van der Waals surface area contributed by atoms with Crippen LogP contribution in [0.4, 0.5) is 0 Å². The van der Waals surface area contributed by atoms with Crippen molar-refractivity contribution in [2.45, 2.75) is 38.6 Å². The third-order valence-electron chi connectivity index (χ3n) is 3.85. The second-order valence-electron chi connectivity index (χ2n) is 5.58. The molecule has 116 valence electrons. The molecule has 1 N–H and O–H groups in total. The van der Waals surface area contributed by atoms with E-state index < -0.39 is 0 Å². The van der Waals surface area contributed by atoms with Crippen LogP contribution in [-0.2, 0) is 4.79 Å². The van der Waals surface area contributed by atoms with E-state index in [0.29, 0.717) is 13.2 Å². The standard InChI is InChI=1S/C17H26N2O2/c1-15(17(20)19-12-7-2-3-8-13-19)18-11-14-21-16-9-5-4-6-10-16/h4-6,9-10,15,18H,2-3,7-8,11-14H2,1H3. The number of carbonyl (C=O) groups is 1. The van der Waals surface area contributed by atoms with Crippen LogP contribution in [0.1, 0.15) is 32.6 Å². The van der Waals surface area contributed by atoms with Gasteiger partial charge >= 0.3 is 0 Å². The molecule has 0 saturated carbocycles. The number of benzene rings is 1. The van der Waals surface area contributed by atoms with E-state index in [-0.39, 0.29) is 11.9 Å². The van der Waals surface area contributed by atoms with Crippen LogP contribution in [0.25, 0.3) is 0 Å². The van der Waals surface area contributed by atoms with Crippen LogP contribution in [0.3, 0.4) is 0 Å². The second-order valence-corrected chi connectivity index (χ2v) is 5.58. The molecule has 1 atom stereocenters. The number of nitrogens with one attached hydrogen (secondary N) is 1. The molecule has 1 aliphatic rings. The van der Waals surface area contributed by atoms with Gasteiger partial charge in [-0.3, -0.25) is 4.79 Å². The van der Waals surface area contributed by atoms with E-state index in [9.17, 15) is 4.79 Å². The lowest BCUT2D eigenvalue weighted by Crippen LogP contribution is -2.46. The summed E-state index contributed by atoms with van der Waals surface area (Å²) >= 11 is 0. The fraction of sp³-hybridized carbons (Fsp3) is 0.588. The van der Waals surface area contributed by atoms with Crippen molar-refractivity contribution in [3.8, 4) is 5.75 Å². The van der Waals surface area contributed by atoms with Gasteiger partial charge in [-0.05, 0) is 31.9 Å². The Kier molecular flexibility index (Phi) is 6.54. The first-order valence-electron chi connectivity index (χ1n) is 7.97. The SMILES string of the molecule is CC(NCCOc1ccccc1)C(=O)N1CCCCCC1. The van der Waals surface area contributed by atoms with Gasteiger partial charge in [0.1, 0.15) is 12.4 Å². The lowest BCUT2D eigenvalue weighted by atomic mass is 10.2. The molecule has 0 aliphatic carbocycles. The quantitative estimate of drug-likeness (QED) is 0.818. The van der Waals surface area contributed by atoms with Crippen LogP contribution in [-0.4, -0.2) is 43.1 Å². The Labute approximate surface area is 127 Å². The van der Waals surface area contributed by atoms with E-state index in [1.54, 1.807) is 0 Å². The first-order chi connectivity index (χ1) is 10.3. The number of ether oxygens (including phenoxy) is 1. The predicted molar refractivity (Wildman–Crippen MR) is 84.4 cm³/mol. The van der Waals surface area contributed by atoms with E-state index in [1.807, 2.05) is 42.2 Å². The third-order valence-corrected chi connectivity index (χ3v) is 3.85. The van der Waals surface area contributed by atoms with Gasteiger partial charge in [0.05, 0.1) is 6.04 Å². The Morgan fingerprint density at radius 1 is 1.19 bits per heavy atom. The number of nitrogens with zero attached hydrogens (tertiary/aromatic N) is 1. The highest BCUT2D eigenvalue weighted by atomic mass is 16.5. The fourth-order valence-corrected chi connectivity index (χ4v) is 2.61.